The minimum Gasteiger partial charge on any atom is -0.364 e. The number of nitrogens with zero attached hydrogens (tertiary/aromatic N) is 3. The lowest BCUT2D eigenvalue weighted by molar-refractivity contribution is -0.385. The van der Waals surface area contributed by atoms with Crippen LogP contribution in [0.4, 0.5) is 11.5 Å². The second-order valence-corrected chi connectivity index (χ2v) is 4.24. The lowest BCUT2D eigenvalue weighted by Crippen LogP contribution is -2.04. The van der Waals surface area contributed by atoms with E-state index in [9.17, 15) is 10.1 Å². The molecule has 0 aliphatic carbocycles. The largest absolute Gasteiger partial charge is 0.364 e. The molecule has 19 heavy (non-hydrogen) atoms. The highest BCUT2D eigenvalue weighted by atomic mass is 16.6. The van der Waals surface area contributed by atoms with Gasteiger partial charge in [-0.05, 0) is 26.0 Å². The molecule has 2 aromatic rings. The average molecular weight is 258 g/mol. The molecule has 0 radical (unpaired) electrons. The summed E-state index contributed by atoms with van der Waals surface area (Å²) in [5, 5.41) is 13.9. The first kappa shape index (κ1) is 12.9. The number of hydrogen-bond donors (Lipinski definition) is 1. The zero-order valence-corrected chi connectivity index (χ0v) is 10.8. The number of nitro groups is 1. The topological polar surface area (TPSA) is 81.0 Å². The maximum atomic E-state index is 10.8. The Morgan fingerprint density at radius 3 is 2.84 bits per heavy atom. The molecule has 6 heteroatoms. The molecule has 0 aliphatic rings. The van der Waals surface area contributed by atoms with E-state index in [0.717, 1.165) is 11.4 Å². The van der Waals surface area contributed by atoms with E-state index in [0.29, 0.717) is 17.9 Å². The third-order valence-electron chi connectivity index (χ3n) is 2.67. The molecule has 0 fully saturated rings. The highest BCUT2D eigenvalue weighted by molar-refractivity contribution is 5.49. The minimum absolute atomic E-state index is 0.0645. The molecule has 0 aliphatic heterocycles. The molecule has 2 aromatic heterocycles. The van der Waals surface area contributed by atoms with Gasteiger partial charge in [0, 0.05) is 17.5 Å². The Morgan fingerprint density at radius 2 is 2.16 bits per heavy atom. The number of nitrogens with one attached hydrogen (secondary N) is 1. The van der Waals surface area contributed by atoms with Crippen molar-refractivity contribution in [2.24, 2.45) is 0 Å². The van der Waals surface area contributed by atoms with Gasteiger partial charge in [0.15, 0.2) is 0 Å². The molecule has 0 bridgehead atoms. The van der Waals surface area contributed by atoms with Crippen LogP contribution in [-0.4, -0.2) is 14.9 Å². The van der Waals surface area contributed by atoms with Crippen molar-refractivity contribution in [3.63, 3.8) is 0 Å². The van der Waals surface area contributed by atoms with E-state index in [-0.39, 0.29) is 5.69 Å². The summed E-state index contributed by atoms with van der Waals surface area (Å²) in [5.74, 6) is 0.473. The Labute approximate surface area is 110 Å². The summed E-state index contributed by atoms with van der Waals surface area (Å²) in [6.45, 7) is 4.06. The van der Waals surface area contributed by atoms with Gasteiger partial charge in [-0.25, -0.2) is 4.98 Å². The van der Waals surface area contributed by atoms with Gasteiger partial charge in [-0.2, -0.15) is 0 Å². The molecule has 0 saturated heterocycles. The number of pyridine rings is 2. The Hall–Kier alpha value is -2.50. The Balaban J connectivity index is 2.12. The minimum atomic E-state index is -0.410. The van der Waals surface area contributed by atoms with E-state index < -0.39 is 4.92 Å². The fraction of sp³-hybridized carbons (Fsp3) is 0.231. The predicted octanol–water partition coefficient (Wildman–Crippen LogP) is 2.61. The molecular formula is C13H14N4O2. The van der Waals surface area contributed by atoms with E-state index in [2.05, 4.69) is 15.3 Å². The predicted molar refractivity (Wildman–Crippen MR) is 71.9 cm³/mol. The van der Waals surface area contributed by atoms with Gasteiger partial charge in [-0.3, -0.25) is 15.1 Å². The Kier molecular flexibility index (Phi) is 3.70. The first-order chi connectivity index (χ1) is 9.06. The van der Waals surface area contributed by atoms with Crippen molar-refractivity contribution in [3.8, 4) is 0 Å². The molecule has 98 valence electrons. The third-order valence-corrected chi connectivity index (χ3v) is 2.67. The summed E-state index contributed by atoms with van der Waals surface area (Å²) >= 11 is 0. The summed E-state index contributed by atoms with van der Waals surface area (Å²) in [7, 11) is 0. The highest BCUT2D eigenvalue weighted by Crippen LogP contribution is 2.20. The van der Waals surface area contributed by atoms with Crippen molar-refractivity contribution in [2.75, 3.05) is 5.32 Å². The van der Waals surface area contributed by atoms with Gasteiger partial charge in [0.05, 0.1) is 23.2 Å². The number of rotatable bonds is 4. The normalized spacial score (nSPS) is 10.2. The van der Waals surface area contributed by atoms with E-state index in [1.165, 1.54) is 12.3 Å². The molecule has 0 amide bonds. The van der Waals surface area contributed by atoms with Crippen LogP contribution >= 0.6 is 0 Å². The third kappa shape index (κ3) is 3.25. The molecule has 0 atom stereocenters. The van der Waals surface area contributed by atoms with Gasteiger partial charge in [0.25, 0.3) is 5.69 Å². The Bertz CT molecular complexity index is 613. The van der Waals surface area contributed by atoms with Crippen molar-refractivity contribution in [1.82, 2.24) is 9.97 Å². The van der Waals surface area contributed by atoms with Crippen molar-refractivity contribution < 1.29 is 4.92 Å². The fourth-order valence-electron chi connectivity index (χ4n) is 1.69. The van der Waals surface area contributed by atoms with Crippen LogP contribution in [-0.2, 0) is 6.54 Å². The van der Waals surface area contributed by atoms with Gasteiger partial charge >= 0.3 is 0 Å². The van der Waals surface area contributed by atoms with Crippen LogP contribution in [0.3, 0.4) is 0 Å². The second-order valence-electron chi connectivity index (χ2n) is 4.24. The van der Waals surface area contributed by atoms with Crippen LogP contribution < -0.4 is 5.32 Å². The zero-order valence-electron chi connectivity index (χ0n) is 10.8. The van der Waals surface area contributed by atoms with E-state index >= 15 is 0 Å². The van der Waals surface area contributed by atoms with E-state index in [1.807, 2.05) is 25.1 Å². The van der Waals surface area contributed by atoms with Gasteiger partial charge in [-0.15, -0.1) is 0 Å². The van der Waals surface area contributed by atoms with Crippen molar-refractivity contribution in [2.45, 2.75) is 20.4 Å². The summed E-state index contributed by atoms with van der Waals surface area (Å²) < 4.78 is 0. The van der Waals surface area contributed by atoms with Crippen LogP contribution in [0.25, 0.3) is 0 Å². The highest BCUT2D eigenvalue weighted by Gasteiger charge is 2.11. The van der Waals surface area contributed by atoms with Crippen LogP contribution in [0, 0.1) is 24.0 Å². The maximum absolute atomic E-state index is 10.8. The zero-order chi connectivity index (χ0) is 13.8. The Morgan fingerprint density at radius 1 is 1.37 bits per heavy atom. The van der Waals surface area contributed by atoms with Gasteiger partial charge in [0.2, 0.25) is 0 Å². The standard InChI is InChI=1S/C13H14N4O2/c1-9-7-14-13(6-12(9)17(18)19)15-8-11-5-3-4-10(2)16-11/h3-7H,8H2,1-2H3,(H,14,15). The van der Waals surface area contributed by atoms with E-state index in [4.69, 9.17) is 0 Å². The number of anilines is 1. The number of hydrogen-bond acceptors (Lipinski definition) is 5. The molecule has 2 rings (SSSR count). The smallest absolute Gasteiger partial charge is 0.277 e. The molecule has 0 aromatic carbocycles. The first-order valence-electron chi connectivity index (χ1n) is 5.83. The maximum Gasteiger partial charge on any atom is 0.277 e. The summed E-state index contributed by atoms with van der Waals surface area (Å²) in [5.41, 5.74) is 2.41. The summed E-state index contributed by atoms with van der Waals surface area (Å²) in [4.78, 5) is 18.9. The molecular weight excluding hydrogens is 244 g/mol. The average Bonchev–Trinajstić information content (AvgIpc) is 2.37. The van der Waals surface area contributed by atoms with Crippen LogP contribution in [0.5, 0.6) is 0 Å². The molecule has 1 N–H and O–H groups in total. The van der Waals surface area contributed by atoms with Crippen molar-refractivity contribution in [3.05, 3.63) is 57.5 Å². The summed E-state index contributed by atoms with van der Waals surface area (Å²) in [6.07, 6.45) is 1.49. The van der Waals surface area contributed by atoms with E-state index in [1.54, 1.807) is 6.92 Å². The molecule has 0 spiro atoms. The summed E-state index contributed by atoms with van der Waals surface area (Å²) in [6, 6.07) is 7.16. The van der Waals surface area contributed by atoms with Crippen molar-refractivity contribution >= 4 is 11.5 Å². The van der Waals surface area contributed by atoms with Crippen LogP contribution in [0.15, 0.2) is 30.5 Å². The SMILES string of the molecule is Cc1cccc(CNc2cc([N+](=O)[O-])c(C)cn2)n1. The lowest BCUT2D eigenvalue weighted by atomic mass is 10.2. The molecule has 6 nitrogen and oxygen atoms in total. The molecule has 2 heterocycles. The lowest BCUT2D eigenvalue weighted by Gasteiger charge is -2.06. The number of aryl methyl sites for hydroxylation is 2. The van der Waals surface area contributed by atoms with Gasteiger partial charge < -0.3 is 5.32 Å². The van der Waals surface area contributed by atoms with Crippen LogP contribution in [0.1, 0.15) is 17.0 Å². The van der Waals surface area contributed by atoms with Crippen LogP contribution in [0.2, 0.25) is 0 Å². The number of aromatic nitrogens is 2. The first-order valence-corrected chi connectivity index (χ1v) is 5.83. The van der Waals surface area contributed by atoms with Gasteiger partial charge in [0.1, 0.15) is 5.82 Å². The van der Waals surface area contributed by atoms with Crippen molar-refractivity contribution in [1.29, 1.82) is 0 Å². The quantitative estimate of drug-likeness (QED) is 0.673. The second kappa shape index (κ2) is 5.43. The monoisotopic (exact) mass is 258 g/mol. The molecule has 0 unspecified atom stereocenters. The fourth-order valence-corrected chi connectivity index (χ4v) is 1.69. The molecule has 0 saturated carbocycles. The van der Waals surface area contributed by atoms with Gasteiger partial charge in [-0.1, -0.05) is 6.07 Å².